The SMILES string of the molecule is CCC(C)CC(C)C(=O)OC1(C)C(=O)C=C2C=C(C(O)C(C)O)OC=C2C1=O. The molecule has 0 aromatic rings. The maximum atomic E-state index is 12.9. The van der Waals surface area contributed by atoms with Gasteiger partial charge in [0.2, 0.25) is 17.2 Å². The van der Waals surface area contributed by atoms with Crippen molar-refractivity contribution in [1.82, 2.24) is 0 Å². The molecule has 0 saturated heterocycles. The van der Waals surface area contributed by atoms with E-state index in [1.54, 1.807) is 6.92 Å². The van der Waals surface area contributed by atoms with Crippen LogP contribution >= 0.6 is 0 Å². The number of aliphatic hydroxyl groups excluding tert-OH is 2. The number of esters is 1. The molecule has 2 N–H and O–H groups in total. The van der Waals surface area contributed by atoms with E-state index in [2.05, 4.69) is 0 Å². The minimum Gasteiger partial charge on any atom is -0.466 e. The number of Topliss-reactive ketones (excluding diaryl/α,β-unsaturated/α-hetero) is 1. The molecule has 154 valence electrons. The average Bonchev–Trinajstić information content (AvgIpc) is 2.65. The molecule has 1 aliphatic heterocycles. The summed E-state index contributed by atoms with van der Waals surface area (Å²) in [5.41, 5.74) is -1.63. The van der Waals surface area contributed by atoms with Gasteiger partial charge >= 0.3 is 5.97 Å². The Kier molecular flexibility index (Phi) is 6.62. The molecule has 5 unspecified atom stereocenters. The smallest absolute Gasteiger partial charge is 0.310 e. The molecule has 0 bridgehead atoms. The monoisotopic (exact) mass is 392 g/mol. The zero-order valence-corrected chi connectivity index (χ0v) is 16.9. The first-order valence-electron chi connectivity index (χ1n) is 9.49. The maximum absolute atomic E-state index is 12.9. The minimum absolute atomic E-state index is 0.0216. The van der Waals surface area contributed by atoms with Crippen LogP contribution in [0.5, 0.6) is 0 Å². The number of hydrogen-bond donors (Lipinski definition) is 2. The van der Waals surface area contributed by atoms with Crippen LogP contribution in [0, 0.1) is 11.8 Å². The van der Waals surface area contributed by atoms with Gasteiger partial charge in [0.25, 0.3) is 0 Å². The highest BCUT2D eigenvalue weighted by Crippen LogP contribution is 2.34. The van der Waals surface area contributed by atoms with Crippen molar-refractivity contribution >= 4 is 17.5 Å². The Balaban J connectivity index is 2.25. The lowest BCUT2D eigenvalue weighted by Gasteiger charge is -2.33. The van der Waals surface area contributed by atoms with Crippen molar-refractivity contribution < 1.29 is 34.1 Å². The third-order valence-corrected chi connectivity index (χ3v) is 5.26. The minimum atomic E-state index is -1.95. The number of rotatable bonds is 7. The summed E-state index contributed by atoms with van der Waals surface area (Å²) in [5.74, 6) is -2.04. The molecule has 28 heavy (non-hydrogen) atoms. The molecule has 0 amide bonds. The lowest BCUT2D eigenvalue weighted by Crippen LogP contribution is -2.51. The van der Waals surface area contributed by atoms with Gasteiger partial charge in [0.05, 0.1) is 17.6 Å². The fraction of sp³-hybridized carbons (Fsp3) is 0.571. The van der Waals surface area contributed by atoms with Crippen molar-refractivity contribution in [1.29, 1.82) is 0 Å². The third-order valence-electron chi connectivity index (χ3n) is 5.26. The Morgan fingerprint density at radius 2 is 1.86 bits per heavy atom. The number of allylic oxidation sites excluding steroid dienone is 2. The van der Waals surface area contributed by atoms with Gasteiger partial charge < -0.3 is 19.7 Å². The Morgan fingerprint density at radius 1 is 1.21 bits per heavy atom. The predicted molar refractivity (Wildman–Crippen MR) is 101 cm³/mol. The van der Waals surface area contributed by atoms with Gasteiger partial charge in [-0.15, -0.1) is 0 Å². The van der Waals surface area contributed by atoms with E-state index >= 15 is 0 Å². The normalized spacial score (nSPS) is 26.0. The molecule has 2 aliphatic rings. The lowest BCUT2D eigenvalue weighted by molar-refractivity contribution is -0.172. The van der Waals surface area contributed by atoms with Crippen LogP contribution in [-0.2, 0) is 23.9 Å². The number of carbonyl (C=O) groups is 3. The molecule has 5 atom stereocenters. The first-order chi connectivity index (χ1) is 13.0. The summed E-state index contributed by atoms with van der Waals surface area (Å²) in [7, 11) is 0. The van der Waals surface area contributed by atoms with Crippen molar-refractivity contribution in [2.24, 2.45) is 11.8 Å². The van der Waals surface area contributed by atoms with Crippen LogP contribution in [0.1, 0.15) is 47.5 Å². The number of carbonyl (C=O) groups excluding carboxylic acids is 3. The van der Waals surface area contributed by atoms with Crippen molar-refractivity contribution in [3.05, 3.63) is 35.3 Å². The predicted octanol–water partition coefficient (Wildman–Crippen LogP) is 1.98. The van der Waals surface area contributed by atoms with E-state index < -0.39 is 41.3 Å². The zero-order valence-electron chi connectivity index (χ0n) is 16.9. The van der Waals surface area contributed by atoms with Crippen molar-refractivity contribution in [2.75, 3.05) is 0 Å². The maximum Gasteiger partial charge on any atom is 0.310 e. The van der Waals surface area contributed by atoms with Crippen LogP contribution in [0.2, 0.25) is 0 Å². The van der Waals surface area contributed by atoms with Crippen LogP contribution in [0.15, 0.2) is 35.3 Å². The summed E-state index contributed by atoms with van der Waals surface area (Å²) < 4.78 is 10.6. The summed E-state index contributed by atoms with van der Waals surface area (Å²) in [4.78, 5) is 38.0. The van der Waals surface area contributed by atoms with Crippen molar-refractivity contribution in [2.45, 2.75) is 65.3 Å². The molecule has 0 aromatic heterocycles. The van der Waals surface area contributed by atoms with Gasteiger partial charge in [0.15, 0.2) is 0 Å². The second-order valence-electron chi connectivity index (χ2n) is 7.78. The Morgan fingerprint density at radius 3 is 2.43 bits per heavy atom. The van der Waals surface area contributed by atoms with Gasteiger partial charge in [0, 0.05) is 0 Å². The highest BCUT2D eigenvalue weighted by molar-refractivity contribution is 6.26. The second kappa shape index (κ2) is 8.41. The van der Waals surface area contributed by atoms with Gasteiger partial charge in [-0.25, -0.2) is 0 Å². The summed E-state index contributed by atoms with van der Waals surface area (Å²) in [5, 5.41) is 19.4. The molecule has 0 fully saturated rings. The number of ether oxygens (including phenoxy) is 2. The van der Waals surface area contributed by atoms with E-state index in [9.17, 15) is 24.6 Å². The molecule has 7 nitrogen and oxygen atoms in total. The van der Waals surface area contributed by atoms with E-state index in [-0.39, 0.29) is 16.9 Å². The van der Waals surface area contributed by atoms with E-state index in [4.69, 9.17) is 9.47 Å². The molecule has 0 spiro atoms. The van der Waals surface area contributed by atoms with Crippen molar-refractivity contribution in [3.63, 3.8) is 0 Å². The van der Waals surface area contributed by atoms with Gasteiger partial charge in [-0.3, -0.25) is 14.4 Å². The molecule has 7 heteroatoms. The van der Waals surface area contributed by atoms with E-state index in [0.29, 0.717) is 12.3 Å². The first kappa shape index (κ1) is 22.0. The molecule has 2 rings (SSSR count). The molecule has 1 aliphatic carbocycles. The Labute approximate surface area is 164 Å². The lowest BCUT2D eigenvalue weighted by atomic mass is 9.80. The fourth-order valence-corrected chi connectivity index (χ4v) is 3.07. The van der Waals surface area contributed by atoms with Crippen LogP contribution in [0.3, 0.4) is 0 Å². The van der Waals surface area contributed by atoms with E-state index in [1.165, 1.54) is 26.0 Å². The zero-order chi connectivity index (χ0) is 21.2. The molecule has 0 radical (unpaired) electrons. The first-order valence-corrected chi connectivity index (χ1v) is 9.49. The van der Waals surface area contributed by atoms with Crippen LogP contribution in [-0.4, -0.2) is 45.6 Å². The quantitative estimate of drug-likeness (QED) is 0.503. The van der Waals surface area contributed by atoms with Gasteiger partial charge in [-0.2, -0.15) is 0 Å². The van der Waals surface area contributed by atoms with Gasteiger partial charge in [-0.05, 0) is 43.9 Å². The molecular weight excluding hydrogens is 364 g/mol. The standard InChI is InChI=1S/C21H28O7/c1-6-11(2)7-12(3)20(26)28-21(5)17(23)9-14-8-16(18(24)13(4)22)27-10-15(14)19(21)25/h8-13,18,22,24H,6-7H2,1-5H3. The van der Waals surface area contributed by atoms with Crippen molar-refractivity contribution in [3.8, 4) is 0 Å². The molecular formula is C21H28O7. The Hall–Kier alpha value is -2.25. The second-order valence-corrected chi connectivity index (χ2v) is 7.78. The number of fused-ring (bicyclic) bond motifs is 1. The van der Waals surface area contributed by atoms with E-state index in [0.717, 1.165) is 12.7 Å². The topological polar surface area (TPSA) is 110 Å². The number of hydrogen-bond acceptors (Lipinski definition) is 7. The van der Waals surface area contributed by atoms with Crippen LogP contribution < -0.4 is 0 Å². The summed E-state index contributed by atoms with van der Waals surface area (Å²) >= 11 is 0. The van der Waals surface area contributed by atoms with Gasteiger partial charge in [-0.1, -0.05) is 27.2 Å². The van der Waals surface area contributed by atoms with Gasteiger partial charge in [0.1, 0.15) is 18.1 Å². The average molecular weight is 392 g/mol. The Bertz CT molecular complexity index is 759. The highest BCUT2D eigenvalue weighted by Gasteiger charge is 2.50. The molecule has 0 aromatic carbocycles. The van der Waals surface area contributed by atoms with Crippen LogP contribution in [0.4, 0.5) is 0 Å². The highest BCUT2D eigenvalue weighted by atomic mass is 16.6. The third kappa shape index (κ3) is 4.25. The van der Waals surface area contributed by atoms with E-state index in [1.807, 2.05) is 13.8 Å². The number of aliphatic hydroxyl groups is 2. The largest absolute Gasteiger partial charge is 0.466 e. The molecule has 0 saturated carbocycles. The fourth-order valence-electron chi connectivity index (χ4n) is 3.07. The summed E-state index contributed by atoms with van der Waals surface area (Å²) in [6.45, 7) is 8.43. The number of ketones is 2. The summed E-state index contributed by atoms with van der Waals surface area (Å²) in [6.07, 6.45) is 2.76. The summed E-state index contributed by atoms with van der Waals surface area (Å²) in [6, 6.07) is 0. The van der Waals surface area contributed by atoms with Crippen LogP contribution in [0.25, 0.3) is 0 Å². The molecule has 1 heterocycles.